The first-order chi connectivity index (χ1) is 14.0. The lowest BCUT2D eigenvalue weighted by atomic mass is 9.87. The highest BCUT2D eigenvalue weighted by Gasteiger charge is 2.51. The summed E-state index contributed by atoms with van der Waals surface area (Å²) in [6.45, 7) is 3.79. The van der Waals surface area contributed by atoms with E-state index in [9.17, 15) is 9.59 Å². The van der Waals surface area contributed by atoms with Crippen molar-refractivity contribution in [1.82, 2.24) is 20.2 Å². The molecule has 0 spiro atoms. The van der Waals surface area contributed by atoms with Crippen LogP contribution in [0.25, 0.3) is 11.0 Å². The highest BCUT2D eigenvalue weighted by Crippen LogP contribution is 2.34. The first kappa shape index (κ1) is 18.9. The quantitative estimate of drug-likeness (QED) is 0.676. The minimum atomic E-state index is -1.10. The number of nitrogens with zero attached hydrogens (tertiary/aromatic N) is 3. The minimum absolute atomic E-state index is 0.0756. The third kappa shape index (κ3) is 3.08. The summed E-state index contributed by atoms with van der Waals surface area (Å²) in [5.74, 6) is 0.403. The van der Waals surface area contributed by atoms with E-state index in [0.29, 0.717) is 23.6 Å². The molecule has 1 aromatic heterocycles. The summed E-state index contributed by atoms with van der Waals surface area (Å²) in [6.07, 6.45) is 0.433. The molecule has 1 saturated heterocycles. The van der Waals surface area contributed by atoms with Gasteiger partial charge in [0.15, 0.2) is 0 Å². The van der Waals surface area contributed by atoms with E-state index in [1.807, 2.05) is 50.2 Å². The molecule has 2 heterocycles. The molecule has 0 saturated carbocycles. The van der Waals surface area contributed by atoms with Crippen LogP contribution in [0.4, 0.5) is 4.79 Å². The van der Waals surface area contributed by atoms with Crippen molar-refractivity contribution in [3.8, 4) is 5.75 Å². The predicted octanol–water partition coefficient (Wildman–Crippen LogP) is 3.30. The predicted molar refractivity (Wildman–Crippen MR) is 108 cm³/mol. The zero-order chi connectivity index (χ0) is 20.6. The van der Waals surface area contributed by atoms with Gasteiger partial charge in [0.05, 0.1) is 36.1 Å². The molecule has 4 rings (SSSR count). The molecule has 1 fully saturated rings. The molecule has 1 atom stereocenters. The van der Waals surface area contributed by atoms with Crippen LogP contribution >= 0.6 is 0 Å². The summed E-state index contributed by atoms with van der Waals surface area (Å²) in [6, 6.07) is 14.3. The van der Waals surface area contributed by atoms with Crippen LogP contribution in [-0.4, -0.2) is 33.9 Å². The number of rotatable bonds is 5. The molecule has 29 heavy (non-hydrogen) atoms. The zero-order valence-corrected chi connectivity index (χ0v) is 16.6. The second kappa shape index (κ2) is 7.16. The fourth-order valence-corrected chi connectivity index (χ4v) is 3.71. The lowest BCUT2D eigenvalue weighted by Gasteiger charge is -2.26. The number of carbonyl (C=O) groups is 2. The number of hydrogen-bond donors (Lipinski definition) is 1. The number of amides is 3. The second-order valence-corrected chi connectivity index (χ2v) is 7.05. The summed E-state index contributed by atoms with van der Waals surface area (Å²) in [7, 11) is 1.59. The van der Waals surface area contributed by atoms with E-state index in [0.717, 1.165) is 16.6 Å². The summed E-state index contributed by atoms with van der Waals surface area (Å²) in [4.78, 5) is 36.5. The van der Waals surface area contributed by atoms with Gasteiger partial charge in [-0.15, -0.1) is 0 Å². The number of benzene rings is 2. The lowest BCUT2D eigenvalue weighted by Crippen LogP contribution is -2.43. The standard InChI is InChI=1S/C22H22N4O3/c1-4-22(15-9-11-16(29-3)12-10-15)20(27)26(21(28)25-22)13-19-14(2)23-17-7-5-6-8-18(17)24-19/h5-12H,4,13H2,1-3H3,(H,25,28)/t22-/m0/s1. The van der Waals surface area contributed by atoms with Crippen LogP contribution in [-0.2, 0) is 16.9 Å². The Kier molecular flexibility index (Phi) is 4.66. The molecule has 148 valence electrons. The number of urea groups is 1. The fourth-order valence-electron chi connectivity index (χ4n) is 3.71. The molecule has 0 radical (unpaired) electrons. The second-order valence-electron chi connectivity index (χ2n) is 7.05. The Morgan fingerprint density at radius 3 is 2.31 bits per heavy atom. The number of ether oxygens (including phenoxy) is 1. The Bertz CT molecular complexity index is 1100. The van der Waals surface area contributed by atoms with E-state index >= 15 is 0 Å². The number of nitrogens with one attached hydrogen (secondary N) is 1. The molecule has 0 aliphatic carbocycles. The van der Waals surface area contributed by atoms with Crippen molar-refractivity contribution in [3.63, 3.8) is 0 Å². The molecule has 2 aromatic carbocycles. The molecule has 0 unspecified atom stereocenters. The van der Waals surface area contributed by atoms with Crippen LogP contribution in [0.2, 0.25) is 0 Å². The normalized spacial score (nSPS) is 18.9. The van der Waals surface area contributed by atoms with E-state index in [2.05, 4.69) is 15.3 Å². The van der Waals surface area contributed by atoms with Gasteiger partial charge in [-0.3, -0.25) is 9.69 Å². The Hall–Kier alpha value is -3.48. The van der Waals surface area contributed by atoms with Crippen molar-refractivity contribution < 1.29 is 14.3 Å². The number of aryl methyl sites for hydroxylation is 1. The zero-order valence-electron chi connectivity index (χ0n) is 16.6. The Morgan fingerprint density at radius 2 is 1.69 bits per heavy atom. The molecule has 1 aliphatic rings. The maximum atomic E-state index is 13.4. The van der Waals surface area contributed by atoms with Crippen LogP contribution in [0.15, 0.2) is 48.5 Å². The average Bonchev–Trinajstić information content (AvgIpc) is 2.99. The third-order valence-corrected chi connectivity index (χ3v) is 5.44. The van der Waals surface area contributed by atoms with Crippen molar-refractivity contribution in [3.05, 3.63) is 65.5 Å². The SMILES string of the molecule is CC[C@@]1(c2ccc(OC)cc2)NC(=O)N(Cc2nc3ccccc3nc2C)C1=O. The smallest absolute Gasteiger partial charge is 0.325 e. The molecule has 7 heteroatoms. The van der Waals surface area contributed by atoms with E-state index in [4.69, 9.17) is 4.74 Å². The first-order valence-electron chi connectivity index (χ1n) is 9.49. The van der Waals surface area contributed by atoms with Gasteiger partial charge in [0, 0.05) is 0 Å². The van der Waals surface area contributed by atoms with Gasteiger partial charge in [-0.2, -0.15) is 0 Å². The largest absolute Gasteiger partial charge is 0.497 e. The maximum absolute atomic E-state index is 13.4. The monoisotopic (exact) mass is 390 g/mol. The van der Waals surface area contributed by atoms with E-state index < -0.39 is 11.6 Å². The van der Waals surface area contributed by atoms with E-state index in [1.54, 1.807) is 19.2 Å². The van der Waals surface area contributed by atoms with Crippen molar-refractivity contribution in [2.45, 2.75) is 32.4 Å². The number of aromatic nitrogens is 2. The lowest BCUT2D eigenvalue weighted by molar-refractivity contribution is -0.132. The number of methoxy groups -OCH3 is 1. The van der Waals surface area contributed by atoms with Crippen molar-refractivity contribution in [2.75, 3.05) is 7.11 Å². The molecular formula is C22H22N4O3. The first-order valence-corrected chi connectivity index (χ1v) is 9.49. The summed E-state index contributed by atoms with van der Waals surface area (Å²) < 4.78 is 5.20. The van der Waals surface area contributed by atoms with Gasteiger partial charge in [0.2, 0.25) is 0 Å². The van der Waals surface area contributed by atoms with E-state index in [1.165, 1.54) is 4.90 Å². The van der Waals surface area contributed by atoms with Crippen molar-refractivity contribution in [2.24, 2.45) is 0 Å². The molecule has 7 nitrogen and oxygen atoms in total. The van der Waals surface area contributed by atoms with Crippen LogP contribution in [0, 0.1) is 6.92 Å². The number of carbonyl (C=O) groups excluding carboxylic acids is 2. The van der Waals surface area contributed by atoms with Gasteiger partial charge in [-0.25, -0.2) is 14.8 Å². The molecule has 0 bridgehead atoms. The maximum Gasteiger partial charge on any atom is 0.325 e. The minimum Gasteiger partial charge on any atom is -0.497 e. The molecule has 1 N–H and O–H groups in total. The Labute approximate surface area is 168 Å². The summed E-state index contributed by atoms with van der Waals surface area (Å²) in [5.41, 5.74) is 2.45. The van der Waals surface area contributed by atoms with Crippen LogP contribution in [0.1, 0.15) is 30.3 Å². The van der Waals surface area contributed by atoms with Crippen LogP contribution in [0.3, 0.4) is 0 Å². The van der Waals surface area contributed by atoms with Crippen molar-refractivity contribution in [1.29, 1.82) is 0 Å². The van der Waals surface area contributed by atoms with Gasteiger partial charge in [-0.1, -0.05) is 31.2 Å². The fraction of sp³-hybridized carbons (Fsp3) is 0.273. The Morgan fingerprint density at radius 1 is 1.03 bits per heavy atom. The molecule has 3 amide bonds. The van der Waals surface area contributed by atoms with Gasteiger partial charge in [-0.05, 0) is 43.2 Å². The van der Waals surface area contributed by atoms with Crippen LogP contribution in [0.5, 0.6) is 5.75 Å². The average molecular weight is 390 g/mol. The number of fused-ring (bicyclic) bond motifs is 1. The van der Waals surface area contributed by atoms with E-state index in [-0.39, 0.29) is 12.5 Å². The van der Waals surface area contributed by atoms with Gasteiger partial charge in [0.1, 0.15) is 11.3 Å². The number of hydrogen-bond acceptors (Lipinski definition) is 5. The molecule has 3 aromatic rings. The molecule has 1 aliphatic heterocycles. The highest BCUT2D eigenvalue weighted by molar-refractivity contribution is 6.07. The summed E-state index contributed by atoms with van der Waals surface area (Å²) in [5, 5.41) is 2.90. The van der Waals surface area contributed by atoms with Gasteiger partial charge >= 0.3 is 6.03 Å². The highest BCUT2D eigenvalue weighted by atomic mass is 16.5. The van der Waals surface area contributed by atoms with Gasteiger partial charge < -0.3 is 10.1 Å². The van der Waals surface area contributed by atoms with Crippen LogP contribution < -0.4 is 10.1 Å². The molecular weight excluding hydrogens is 368 g/mol. The van der Waals surface area contributed by atoms with Crippen molar-refractivity contribution >= 4 is 23.0 Å². The number of para-hydroxylation sites is 2. The Balaban J connectivity index is 1.68. The topological polar surface area (TPSA) is 84.4 Å². The third-order valence-electron chi connectivity index (χ3n) is 5.44. The number of imide groups is 1. The summed E-state index contributed by atoms with van der Waals surface area (Å²) >= 11 is 0. The van der Waals surface area contributed by atoms with Gasteiger partial charge in [0.25, 0.3) is 5.91 Å².